The summed E-state index contributed by atoms with van der Waals surface area (Å²) in [5.74, 6) is 1.79. The van der Waals surface area contributed by atoms with E-state index in [-0.39, 0.29) is 0 Å². The van der Waals surface area contributed by atoms with Gasteiger partial charge in [-0.2, -0.15) is 9.97 Å². The van der Waals surface area contributed by atoms with Crippen LogP contribution in [-0.4, -0.2) is 24.5 Å². The van der Waals surface area contributed by atoms with Crippen molar-refractivity contribution in [1.29, 1.82) is 0 Å². The molecule has 0 saturated carbocycles. The van der Waals surface area contributed by atoms with Crippen molar-refractivity contribution in [1.82, 2.24) is 24.5 Å². The van der Waals surface area contributed by atoms with Crippen LogP contribution in [0.1, 0.15) is 0 Å². The first-order chi connectivity index (χ1) is 16.8. The minimum atomic E-state index is 0.576. The zero-order chi connectivity index (χ0) is 22.5. The zero-order valence-electron chi connectivity index (χ0n) is 18.0. The first-order valence-corrected chi connectivity index (χ1v) is 11.8. The van der Waals surface area contributed by atoms with Crippen LogP contribution in [0.5, 0.6) is 0 Å². The number of aromatic nitrogens is 5. The van der Waals surface area contributed by atoms with Crippen molar-refractivity contribution < 1.29 is 0 Å². The first kappa shape index (κ1) is 19.1. The second-order valence-corrected chi connectivity index (χ2v) is 9.04. The highest BCUT2D eigenvalue weighted by Crippen LogP contribution is 2.33. The molecule has 0 atom stereocenters. The molecule has 7 rings (SSSR count). The Kier molecular flexibility index (Phi) is 4.25. The van der Waals surface area contributed by atoms with E-state index in [4.69, 9.17) is 19.9 Å². The molecular weight excluding hydrogens is 438 g/mol. The summed E-state index contributed by atoms with van der Waals surface area (Å²) in [6, 6.07) is 34.9. The fourth-order valence-electron chi connectivity index (χ4n) is 4.38. The molecule has 0 saturated heterocycles. The lowest BCUT2D eigenvalue weighted by atomic mass is 10.2. The normalized spacial score (nSPS) is 11.5. The van der Waals surface area contributed by atoms with Gasteiger partial charge in [0.05, 0.1) is 21.3 Å². The van der Waals surface area contributed by atoms with Crippen LogP contribution in [0.15, 0.2) is 103 Å². The lowest BCUT2D eigenvalue weighted by molar-refractivity contribution is 0.952. The van der Waals surface area contributed by atoms with E-state index in [9.17, 15) is 0 Å². The average molecular weight is 456 g/mol. The summed E-state index contributed by atoms with van der Waals surface area (Å²) in [6.07, 6.45) is 0. The standard InChI is InChI=1S/C28H17N5S/c1-2-10-18(11-3-1)25-30-26(27-29-21-14-6-9-17-24(21)34-27)32-28(31-25)33-22-15-7-4-12-19(22)20-13-5-8-16-23(20)33/h1-17H. The van der Waals surface area contributed by atoms with Crippen molar-refractivity contribution >= 4 is 43.4 Å². The second kappa shape index (κ2) is 7.57. The van der Waals surface area contributed by atoms with E-state index < -0.39 is 0 Å². The number of nitrogens with zero attached hydrogens (tertiary/aromatic N) is 5. The summed E-state index contributed by atoms with van der Waals surface area (Å²) in [4.78, 5) is 19.6. The van der Waals surface area contributed by atoms with Gasteiger partial charge >= 0.3 is 0 Å². The van der Waals surface area contributed by atoms with E-state index in [1.165, 1.54) is 10.8 Å². The Morgan fingerprint density at radius 3 is 1.88 bits per heavy atom. The van der Waals surface area contributed by atoms with E-state index in [2.05, 4.69) is 47.0 Å². The van der Waals surface area contributed by atoms with Crippen LogP contribution in [0.2, 0.25) is 0 Å². The molecule has 6 heteroatoms. The van der Waals surface area contributed by atoms with Crippen molar-refractivity contribution in [3.05, 3.63) is 103 Å². The lowest BCUT2D eigenvalue weighted by Gasteiger charge is -2.09. The van der Waals surface area contributed by atoms with E-state index in [1.54, 1.807) is 11.3 Å². The van der Waals surface area contributed by atoms with Crippen LogP contribution in [0.3, 0.4) is 0 Å². The molecule has 160 valence electrons. The molecule has 0 bridgehead atoms. The fraction of sp³-hybridized carbons (Fsp3) is 0. The number of benzene rings is 4. The van der Waals surface area contributed by atoms with Gasteiger partial charge in [0, 0.05) is 16.3 Å². The van der Waals surface area contributed by atoms with Crippen molar-refractivity contribution in [2.24, 2.45) is 0 Å². The van der Waals surface area contributed by atoms with Crippen molar-refractivity contribution in [3.63, 3.8) is 0 Å². The van der Waals surface area contributed by atoms with Crippen LogP contribution in [0, 0.1) is 0 Å². The molecule has 0 radical (unpaired) electrons. The Morgan fingerprint density at radius 2 is 1.15 bits per heavy atom. The average Bonchev–Trinajstić information content (AvgIpc) is 3.49. The number of rotatable bonds is 3. The van der Waals surface area contributed by atoms with Gasteiger partial charge in [-0.15, -0.1) is 11.3 Å². The van der Waals surface area contributed by atoms with E-state index in [0.717, 1.165) is 31.8 Å². The molecule has 4 aromatic carbocycles. The van der Waals surface area contributed by atoms with Crippen LogP contribution in [0.25, 0.3) is 60.2 Å². The number of hydrogen-bond acceptors (Lipinski definition) is 5. The minimum Gasteiger partial charge on any atom is -0.278 e. The molecule has 0 spiro atoms. The number of thiazole rings is 1. The topological polar surface area (TPSA) is 56.5 Å². The number of para-hydroxylation sites is 3. The minimum absolute atomic E-state index is 0.576. The van der Waals surface area contributed by atoms with Gasteiger partial charge < -0.3 is 0 Å². The third-order valence-corrected chi connectivity index (χ3v) is 6.95. The molecule has 7 aromatic rings. The van der Waals surface area contributed by atoms with Gasteiger partial charge in [-0.3, -0.25) is 4.57 Å². The molecule has 0 amide bonds. The number of fused-ring (bicyclic) bond motifs is 4. The van der Waals surface area contributed by atoms with Crippen molar-refractivity contribution in [3.8, 4) is 28.2 Å². The third-order valence-electron chi connectivity index (χ3n) is 5.92. The van der Waals surface area contributed by atoms with Gasteiger partial charge in [-0.1, -0.05) is 78.9 Å². The molecule has 0 fully saturated rings. The van der Waals surface area contributed by atoms with Crippen LogP contribution < -0.4 is 0 Å². The summed E-state index contributed by atoms with van der Waals surface area (Å²) >= 11 is 1.59. The molecule has 0 unspecified atom stereocenters. The predicted octanol–water partition coefficient (Wildman–Crippen LogP) is 6.91. The highest BCUT2D eigenvalue weighted by atomic mass is 32.1. The van der Waals surface area contributed by atoms with Gasteiger partial charge in [-0.05, 0) is 24.3 Å². The molecule has 0 aliphatic rings. The quantitative estimate of drug-likeness (QED) is 0.290. The molecule has 3 heterocycles. The van der Waals surface area contributed by atoms with Crippen LogP contribution >= 0.6 is 11.3 Å². The largest absolute Gasteiger partial charge is 0.278 e. The van der Waals surface area contributed by atoms with Crippen LogP contribution in [0.4, 0.5) is 0 Å². The Labute approximate surface area is 199 Å². The van der Waals surface area contributed by atoms with Gasteiger partial charge in [-0.25, -0.2) is 9.97 Å². The summed E-state index contributed by atoms with van der Waals surface area (Å²) in [6.45, 7) is 0. The van der Waals surface area contributed by atoms with Crippen molar-refractivity contribution in [2.45, 2.75) is 0 Å². The van der Waals surface area contributed by atoms with Crippen molar-refractivity contribution in [2.75, 3.05) is 0 Å². The molecule has 34 heavy (non-hydrogen) atoms. The highest BCUT2D eigenvalue weighted by molar-refractivity contribution is 7.21. The summed E-state index contributed by atoms with van der Waals surface area (Å²) in [5.41, 5.74) is 4.00. The molecule has 5 nitrogen and oxygen atoms in total. The fourth-order valence-corrected chi connectivity index (χ4v) is 5.28. The van der Waals surface area contributed by atoms with E-state index >= 15 is 0 Å². The Bertz CT molecular complexity index is 1730. The summed E-state index contributed by atoms with van der Waals surface area (Å²) in [5, 5.41) is 3.12. The molecule has 0 aliphatic carbocycles. The van der Waals surface area contributed by atoms with Gasteiger partial charge in [0.2, 0.25) is 5.95 Å². The van der Waals surface area contributed by atoms with Gasteiger partial charge in [0.25, 0.3) is 0 Å². The van der Waals surface area contributed by atoms with Gasteiger partial charge in [0.15, 0.2) is 16.7 Å². The maximum absolute atomic E-state index is 4.96. The van der Waals surface area contributed by atoms with Gasteiger partial charge in [0.1, 0.15) is 0 Å². The van der Waals surface area contributed by atoms with Crippen LogP contribution in [-0.2, 0) is 0 Å². The Morgan fingerprint density at radius 1 is 0.529 bits per heavy atom. The first-order valence-electron chi connectivity index (χ1n) is 11.0. The molecule has 3 aromatic heterocycles. The number of hydrogen-bond donors (Lipinski definition) is 0. The third kappa shape index (κ3) is 3.00. The Hall–Kier alpha value is -4.42. The monoisotopic (exact) mass is 455 g/mol. The summed E-state index contributed by atoms with van der Waals surface area (Å²) in [7, 11) is 0. The molecular formula is C28H17N5S. The molecule has 0 aliphatic heterocycles. The summed E-state index contributed by atoms with van der Waals surface area (Å²) < 4.78 is 3.23. The van der Waals surface area contributed by atoms with E-state index in [1.807, 2.05) is 60.7 Å². The second-order valence-electron chi connectivity index (χ2n) is 8.01. The van der Waals surface area contributed by atoms with E-state index in [0.29, 0.717) is 17.6 Å². The molecule has 0 N–H and O–H groups in total. The predicted molar refractivity (Wildman–Crippen MR) is 138 cm³/mol. The zero-order valence-corrected chi connectivity index (χ0v) is 18.8. The smallest absolute Gasteiger partial charge is 0.238 e. The highest BCUT2D eigenvalue weighted by Gasteiger charge is 2.18. The lowest BCUT2D eigenvalue weighted by Crippen LogP contribution is -2.06. The maximum atomic E-state index is 4.96. The maximum Gasteiger partial charge on any atom is 0.238 e. The SMILES string of the molecule is c1ccc(-c2nc(-c3nc4ccccc4s3)nc(-n3c4ccccc4c4ccccc43)n2)cc1. The Balaban J connectivity index is 1.55.